The van der Waals surface area contributed by atoms with Gasteiger partial charge < -0.3 is 0 Å². The monoisotopic (exact) mass is 434 g/mol. The molecule has 158 valence electrons. The third kappa shape index (κ3) is 3.56. The maximum Gasteiger partial charge on any atom is 0.350 e. The van der Waals surface area contributed by atoms with Crippen molar-refractivity contribution in [3.63, 3.8) is 0 Å². The largest absolute Gasteiger partial charge is 0.350 e. The Kier molecular flexibility index (Phi) is 5.29. The molecule has 2 heterocycles. The minimum atomic E-state index is -4.24. The van der Waals surface area contributed by atoms with Gasteiger partial charge in [0.2, 0.25) is 10.0 Å². The van der Waals surface area contributed by atoms with E-state index in [1.807, 2.05) is 6.07 Å². The van der Waals surface area contributed by atoms with Crippen molar-refractivity contribution in [2.45, 2.75) is 23.7 Å². The average Bonchev–Trinajstić information content (AvgIpc) is 3.05. The first-order valence-corrected chi connectivity index (χ1v) is 10.9. The van der Waals surface area contributed by atoms with Gasteiger partial charge in [-0.1, -0.05) is 18.2 Å². The Bertz CT molecular complexity index is 1240. The van der Waals surface area contributed by atoms with Crippen LogP contribution in [0, 0.1) is 11.6 Å². The Hall–Kier alpha value is -2.85. The van der Waals surface area contributed by atoms with Crippen LogP contribution in [0.25, 0.3) is 5.69 Å². The molecule has 1 aliphatic heterocycles. The second-order valence-electron chi connectivity index (χ2n) is 7.21. The van der Waals surface area contributed by atoms with Crippen molar-refractivity contribution in [3.8, 4) is 5.69 Å². The van der Waals surface area contributed by atoms with Gasteiger partial charge in [-0.15, -0.1) is 0 Å². The second kappa shape index (κ2) is 7.77. The van der Waals surface area contributed by atoms with Gasteiger partial charge in [0.05, 0.1) is 5.69 Å². The molecule has 0 amide bonds. The molecule has 30 heavy (non-hydrogen) atoms. The Morgan fingerprint density at radius 3 is 2.57 bits per heavy atom. The van der Waals surface area contributed by atoms with Crippen LogP contribution in [0.15, 0.2) is 58.2 Å². The minimum absolute atomic E-state index is 0.0154. The third-order valence-electron chi connectivity index (χ3n) is 5.22. The van der Waals surface area contributed by atoms with E-state index in [1.54, 1.807) is 24.3 Å². The highest BCUT2D eigenvalue weighted by Gasteiger charge is 2.35. The van der Waals surface area contributed by atoms with Crippen LogP contribution >= 0.6 is 0 Å². The smallest absolute Gasteiger partial charge is 0.247 e. The van der Waals surface area contributed by atoms with E-state index in [9.17, 15) is 22.0 Å². The fourth-order valence-corrected chi connectivity index (χ4v) is 5.35. The maximum absolute atomic E-state index is 14.1. The predicted octanol–water partition coefficient (Wildman–Crippen LogP) is 2.42. The first-order chi connectivity index (χ1) is 14.3. The number of aromatic nitrogens is 3. The van der Waals surface area contributed by atoms with Gasteiger partial charge in [0, 0.05) is 26.1 Å². The number of para-hydroxylation sites is 1. The van der Waals surface area contributed by atoms with Crippen LogP contribution in [-0.4, -0.2) is 40.2 Å². The van der Waals surface area contributed by atoms with Gasteiger partial charge in [-0.3, -0.25) is 0 Å². The molecule has 1 aliphatic rings. The van der Waals surface area contributed by atoms with E-state index >= 15 is 0 Å². The van der Waals surface area contributed by atoms with E-state index in [0.29, 0.717) is 30.4 Å². The lowest BCUT2D eigenvalue weighted by Crippen LogP contribution is -2.40. The Morgan fingerprint density at radius 1 is 1.10 bits per heavy atom. The molecule has 0 aliphatic carbocycles. The van der Waals surface area contributed by atoms with Crippen molar-refractivity contribution in [1.29, 1.82) is 0 Å². The molecule has 0 bridgehead atoms. The van der Waals surface area contributed by atoms with Gasteiger partial charge in [0.25, 0.3) is 0 Å². The van der Waals surface area contributed by atoms with E-state index in [1.165, 1.54) is 16.3 Å². The van der Waals surface area contributed by atoms with E-state index in [-0.39, 0.29) is 24.7 Å². The van der Waals surface area contributed by atoms with Crippen LogP contribution in [0.2, 0.25) is 0 Å². The van der Waals surface area contributed by atoms with Crippen LogP contribution in [0.4, 0.5) is 8.78 Å². The number of hydrogen-bond donors (Lipinski definition) is 0. The predicted molar refractivity (Wildman–Crippen MR) is 106 cm³/mol. The van der Waals surface area contributed by atoms with Crippen molar-refractivity contribution < 1.29 is 17.2 Å². The summed E-state index contributed by atoms with van der Waals surface area (Å²) in [6, 6.07) is 11.3. The molecule has 1 saturated heterocycles. The quantitative estimate of drug-likeness (QED) is 0.632. The Labute approximate surface area is 172 Å². The lowest BCUT2D eigenvalue weighted by atomic mass is 9.98. The number of aryl methyl sites for hydroxylation is 1. The minimum Gasteiger partial charge on any atom is -0.247 e. The van der Waals surface area contributed by atoms with Crippen LogP contribution in [0.5, 0.6) is 0 Å². The van der Waals surface area contributed by atoms with Gasteiger partial charge >= 0.3 is 5.69 Å². The molecule has 3 aromatic rings. The normalized spacial score (nSPS) is 17.9. The highest BCUT2D eigenvalue weighted by atomic mass is 32.2. The van der Waals surface area contributed by atoms with Crippen LogP contribution in [0.3, 0.4) is 0 Å². The number of rotatable bonds is 4. The molecule has 4 rings (SSSR count). The zero-order valence-electron chi connectivity index (χ0n) is 16.2. The Morgan fingerprint density at radius 2 is 1.83 bits per heavy atom. The molecule has 1 fully saturated rings. The molecule has 10 heteroatoms. The summed E-state index contributed by atoms with van der Waals surface area (Å²) in [5.74, 6) is -1.77. The highest BCUT2D eigenvalue weighted by molar-refractivity contribution is 7.89. The number of sulfonamides is 1. The van der Waals surface area contributed by atoms with Gasteiger partial charge in [0.15, 0.2) is 0 Å². The van der Waals surface area contributed by atoms with Gasteiger partial charge in [-0.05, 0) is 43.2 Å². The topological polar surface area (TPSA) is 77.2 Å². The molecular formula is C20H20F2N4O3S. The fraction of sp³-hybridized carbons (Fsp3) is 0.300. The zero-order valence-corrected chi connectivity index (χ0v) is 17.0. The van der Waals surface area contributed by atoms with E-state index in [2.05, 4.69) is 5.10 Å². The molecule has 0 N–H and O–H groups in total. The van der Waals surface area contributed by atoms with Crippen molar-refractivity contribution in [3.05, 3.63) is 76.5 Å². The van der Waals surface area contributed by atoms with Crippen LogP contribution in [-0.2, 0) is 17.1 Å². The highest BCUT2D eigenvalue weighted by Crippen LogP contribution is 2.31. The molecule has 0 saturated carbocycles. The standard InChI is InChI=1S/C20H20F2N4O3S/c1-24-20(27)26(16-7-3-2-4-8-16)19(23-24)14-6-5-11-25(13-14)30(28,29)18-12-15(21)9-10-17(18)22/h2-4,7-10,12,14H,5-6,11,13H2,1H3. The summed E-state index contributed by atoms with van der Waals surface area (Å²) in [6.45, 7) is 0.193. The van der Waals surface area contributed by atoms with E-state index < -0.39 is 26.6 Å². The lowest BCUT2D eigenvalue weighted by molar-refractivity contribution is 0.305. The zero-order chi connectivity index (χ0) is 21.5. The van der Waals surface area contributed by atoms with Gasteiger partial charge in [-0.25, -0.2) is 31.2 Å². The van der Waals surface area contributed by atoms with Crippen molar-refractivity contribution >= 4 is 10.0 Å². The fourth-order valence-electron chi connectivity index (χ4n) is 3.75. The van der Waals surface area contributed by atoms with Gasteiger partial charge in [-0.2, -0.15) is 9.40 Å². The molecule has 2 aromatic carbocycles. The summed E-state index contributed by atoms with van der Waals surface area (Å²) in [5, 5.41) is 4.34. The molecule has 1 aromatic heterocycles. The molecular weight excluding hydrogens is 414 g/mol. The van der Waals surface area contributed by atoms with Crippen molar-refractivity contribution in [2.75, 3.05) is 13.1 Å². The summed E-state index contributed by atoms with van der Waals surface area (Å²) < 4.78 is 57.5. The number of nitrogens with zero attached hydrogens (tertiary/aromatic N) is 4. The van der Waals surface area contributed by atoms with Gasteiger partial charge in [0.1, 0.15) is 22.4 Å². The number of benzene rings is 2. The number of hydrogen-bond acceptors (Lipinski definition) is 4. The SMILES string of the molecule is Cn1nc(C2CCCN(S(=O)(=O)c3cc(F)ccc3F)C2)n(-c2ccccc2)c1=O. The molecule has 0 spiro atoms. The summed E-state index contributed by atoms with van der Waals surface area (Å²) in [4.78, 5) is 12.0. The third-order valence-corrected chi connectivity index (χ3v) is 7.10. The second-order valence-corrected chi connectivity index (χ2v) is 9.12. The summed E-state index contributed by atoms with van der Waals surface area (Å²) >= 11 is 0. The van der Waals surface area contributed by atoms with Crippen molar-refractivity contribution in [2.24, 2.45) is 7.05 Å². The first-order valence-electron chi connectivity index (χ1n) is 9.45. The average molecular weight is 434 g/mol. The number of piperidine rings is 1. The summed E-state index contributed by atoms with van der Waals surface area (Å²) in [7, 11) is -2.71. The summed E-state index contributed by atoms with van der Waals surface area (Å²) in [6.07, 6.45) is 1.11. The summed E-state index contributed by atoms with van der Waals surface area (Å²) in [5.41, 5.74) is 0.286. The molecule has 0 radical (unpaired) electrons. The Balaban J connectivity index is 1.72. The molecule has 1 atom stereocenters. The first kappa shape index (κ1) is 20.4. The lowest BCUT2D eigenvalue weighted by Gasteiger charge is -2.31. The number of halogens is 2. The van der Waals surface area contributed by atoms with E-state index in [0.717, 1.165) is 16.4 Å². The van der Waals surface area contributed by atoms with Crippen molar-refractivity contribution in [1.82, 2.24) is 18.7 Å². The van der Waals surface area contributed by atoms with E-state index in [4.69, 9.17) is 0 Å². The van der Waals surface area contributed by atoms with Crippen LogP contribution in [0.1, 0.15) is 24.6 Å². The van der Waals surface area contributed by atoms with Crippen LogP contribution < -0.4 is 5.69 Å². The molecule has 7 nitrogen and oxygen atoms in total. The molecule has 1 unspecified atom stereocenters. The maximum atomic E-state index is 14.1.